The van der Waals surface area contributed by atoms with Crippen molar-refractivity contribution in [2.24, 2.45) is 0 Å². The summed E-state index contributed by atoms with van der Waals surface area (Å²) >= 11 is 0. The first-order valence-corrected chi connectivity index (χ1v) is 9.22. The molecule has 0 radical (unpaired) electrons. The van der Waals surface area contributed by atoms with Gasteiger partial charge in [-0.1, -0.05) is 18.2 Å². The lowest BCUT2D eigenvalue weighted by molar-refractivity contribution is 0.00578. The Morgan fingerprint density at radius 3 is 2.36 bits per heavy atom. The van der Waals surface area contributed by atoms with Crippen molar-refractivity contribution in [2.45, 2.75) is 65.3 Å². The molecule has 6 nitrogen and oxygen atoms in total. The zero-order chi connectivity index (χ0) is 21.3. The van der Waals surface area contributed by atoms with Crippen LogP contribution in [0.3, 0.4) is 0 Å². The summed E-state index contributed by atoms with van der Waals surface area (Å²) in [6.07, 6.45) is 0.903. The highest BCUT2D eigenvalue weighted by atomic mass is 19.1. The lowest BCUT2D eigenvalue weighted by Crippen LogP contribution is -2.41. The first-order chi connectivity index (χ1) is 12.7. The minimum atomic E-state index is -0.790. The molecule has 1 heterocycles. The molecule has 1 aromatic carbocycles. The number of ether oxygens (including phenoxy) is 1. The Morgan fingerprint density at radius 1 is 1.25 bits per heavy atom. The first-order valence-electron chi connectivity index (χ1n) is 9.22. The Bertz CT molecular complexity index is 754. The third-order valence-corrected chi connectivity index (χ3v) is 4.74. The summed E-state index contributed by atoms with van der Waals surface area (Å²) in [5, 5.41) is 12.3. The van der Waals surface area contributed by atoms with Crippen molar-refractivity contribution < 1.29 is 28.3 Å². The third kappa shape index (κ3) is 5.26. The molecule has 1 fully saturated rings. The van der Waals surface area contributed by atoms with Crippen molar-refractivity contribution in [3.8, 4) is 5.75 Å². The largest absolute Gasteiger partial charge is 0.505 e. The van der Waals surface area contributed by atoms with E-state index in [0.29, 0.717) is 5.47 Å². The van der Waals surface area contributed by atoms with Crippen molar-refractivity contribution in [3.05, 3.63) is 35.1 Å². The van der Waals surface area contributed by atoms with E-state index in [-0.39, 0.29) is 12.1 Å². The number of carbonyl (C=O) groups is 1. The fourth-order valence-electron chi connectivity index (χ4n) is 2.53. The second kappa shape index (κ2) is 7.76. The van der Waals surface area contributed by atoms with Crippen molar-refractivity contribution in [1.29, 1.82) is 0 Å². The Hall–Kier alpha value is -2.06. The molecule has 8 heteroatoms. The standard InChI is InChI=1S/C20H29BFNO5/c1-18(2,3)26-17(25)23-12-14(11-13-9-8-10-15(24)16(13)22)21-27-19(4,5)20(6,7)28-21/h8-11,24H,12H2,1-7H3,(H,23,25). The summed E-state index contributed by atoms with van der Waals surface area (Å²) in [7, 11) is -0.790. The third-order valence-electron chi connectivity index (χ3n) is 4.74. The van der Waals surface area contributed by atoms with E-state index in [0.717, 1.165) is 0 Å². The Morgan fingerprint density at radius 2 is 1.82 bits per heavy atom. The second-order valence-corrected chi connectivity index (χ2v) is 8.84. The van der Waals surface area contributed by atoms with E-state index in [1.165, 1.54) is 24.3 Å². The Labute approximate surface area is 166 Å². The van der Waals surface area contributed by atoms with Gasteiger partial charge in [0.15, 0.2) is 11.6 Å². The number of alkyl carbamates (subject to hydrolysis) is 1. The van der Waals surface area contributed by atoms with Gasteiger partial charge in [-0.2, -0.15) is 0 Å². The maximum atomic E-state index is 14.3. The average Bonchev–Trinajstić information content (AvgIpc) is 2.74. The lowest BCUT2D eigenvalue weighted by Gasteiger charge is -2.32. The number of rotatable bonds is 4. The molecule has 0 atom stereocenters. The van der Waals surface area contributed by atoms with Crippen LogP contribution in [0.1, 0.15) is 54.0 Å². The van der Waals surface area contributed by atoms with Gasteiger partial charge < -0.3 is 24.5 Å². The summed E-state index contributed by atoms with van der Waals surface area (Å²) in [5.74, 6) is -1.21. The number of hydrogen-bond donors (Lipinski definition) is 2. The van der Waals surface area contributed by atoms with Gasteiger partial charge in [-0.15, -0.1) is 0 Å². The van der Waals surface area contributed by atoms with Crippen LogP contribution in [0, 0.1) is 5.82 Å². The first kappa shape index (κ1) is 22.2. The van der Waals surface area contributed by atoms with Crippen molar-refractivity contribution in [1.82, 2.24) is 5.32 Å². The van der Waals surface area contributed by atoms with E-state index in [1.807, 2.05) is 27.7 Å². The van der Waals surface area contributed by atoms with E-state index >= 15 is 0 Å². The number of aromatic hydroxyl groups is 1. The molecule has 0 bridgehead atoms. The van der Waals surface area contributed by atoms with Gasteiger partial charge in [0.05, 0.1) is 11.2 Å². The van der Waals surface area contributed by atoms with Gasteiger partial charge in [-0.25, -0.2) is 9.18 Å². The molecule has 154 valence electrons. The number of amides is 1. The van der Waals surface area contributed by atoms with Crippen LogP contribution in [0.2, 0.25) is 0 Å². The molecule has 0 spiro atoms. The van der Waals surface area contributed by atoms with Gasteiger partial charge in [0.2, 0.25) is 0 Å². The molecule has 28 heavy (non-hydrogen) atoms. The molecule has 1 aromatic rings. The van der Waals surface area contributed by atoms with Crippen LogP contribution >= 0.6 is 0 Å². The predicted octanol–water partition coefficient (Wildman–Crippen LogP) is 4.07. The van der Waals surface area contributed by atoms with Gasteiger partial charge >= 0.3 is 13.2 Å². The molecule has 1 amide bonds. The van der Waals surface area contributed by atoms with E-state index in [2.05, 4.69) is 5.32 Å². The van der Waals surface area contributed by atoms with Crippen LogP contribution in [0.15, 0.2) is 23.7 Å². The molecule has 0 saturated carbocycles. The summed E-state index contributed by atoms with van der Waals surface area (Å²) in [6.45, 7) is 12.9. The Kier molecular flexibility index (Phi) is 6.16. The molecular weight excluding hydrogens is 364 g/mol. The fourth-order valence-corrected chi connectivity index (χ4v) is 2.53. The van der Waals surface area contributed by atoms with E-state index in [4.69, 9.17) is 14.0 Å². The zero-order valence-electron chi connectivity index (χ0n) is 17.6. The van der Waals surface area contributed by atoms with Gasteiger partial charge in [0.25, 0.3) is 0 Å². The maximum Gasteiger partial charge on any atom is 0.492 e. The number of benzene rings is 1. The molecule has 1 aliphatic rings. The fraction of sp³-hybridized carbons (Fsp3) is 0.550. The number of phenolic OH excluding ortho intramolecular Hbond substituents is 1. The van der Waals surface area contributed by atoms with E-state index < -0.39 is 41.6 Å². The summed E-state index contributed by atoms with van der Waals surface area (Å²) in [5.41, 5.74) is -1.18. The van der Waals surface area contributed by atoms with Gasteiger partial charge in [-0.3, -0.25) is 0 Å². The van der Waals surface area contributed by atoms with Crippen LogP contribution in [-0.4, -0.2) is 41.7 Å². The van der Waals surface area contributed by atoms with Crippen LogP contribution in [0.5, 0.6) is 5.75 Å². The molecule has 2 rings (SSSR count). The molecule has 2 N–H and O–H groups in total. The highest BCUT2D eigenvalue weighted by molar-refractivity contribution is 6.56. The monoisotopic (exact) mass is 393 g/mol. The van der Waals surface area contributed by atoms with Crippen LogP contribution in [0.25, 0.3) is 6.08 Å². The second-order valence-electron chi connectivity index (χ2n) is 8.84. The summed E-state index contributed by atoms with van der Waals surface area (Å²) in [6, 6.07) is 4.32. The highest BCUT2D eigenvalue weighted by Gasteiger charge is 2.52. The molecule has 0 aliphatic carbocycles. The topological polar surface area (TPSA) is 77.0 Å². The molecule has 0 unspecified atom stereocenters. The van der Waals surface area contributed by atoms with Crippen LogP contribution < -0.4 is 5.32 Å². The lowest BCUT2D eigenvalue weighted by atomic mass is 9.77. The summed E-state index contributed by atoms with van der Waals surface area (Å²) in [4.78, 5) is 12.0. The number of phenols is 1. The number of hydrogen-bond acceptors (Lipinski definition) is 5. The van der Waals surface area contributed by atoms with Crippen molar-refractivity contribution in [2.75, 3.05) is 6.54 Å². The van der Waals surface area contributed by atoms with Crippen molar-refractivity contribution >= 4 is 19.3 Å². The smallest absolute Gasteiger partial charge is 0.492 e. The van der Waals surface area contributed by atoms with Crippen LogP contribution in [0.4, 0.5) is 9.18 Å². The quantitative estimate of drug-likeness (QED) is 0.755. The molecular formula is C20H29BFNO5. The zero-order valence-corrected chi connectivity index (χ0v) is 17.6. The molecule has 0 aromatic heterocycles. The molecule has 1 saturated heterocycles. The van der Waals surface area contributed by atoms with Gasteiger partial charge in [0.1, 0.15) is 5.60 Å². The maximum absolute atomic E-state index is 14.3. The Balaban J connectivity index is 2.30. The number of carbonyl (C=O) groups excluding carboxylic acids is 1. The summed E-state index contributed by atoms with van der Waals surface area (Å²) < 4.78 is 31.6. The SMILES string of the molecule is CC(C)(C)OC(=O)NCC(=Cc1cccc(O)c1F)B1OC(C)(C)C(C)(C)O1. The average molecular weight is 393 g/mol. The highest BCUT2D eigenvalue weighted by Crippen LogP contribution is 2.39. The predicted molar refractivity (Wildman–Crippen MR) is 106 cm³/mol. The van der Waals surface area contributed by atoms with Crippen molar-refractivity contribution in [3.63, 3.8) is 0 Å². The van der Waals surface area contributed by atoms with Crippen LogP contribution in [-0.2, 0) is 14.0 Å². The number of halogens is 1. The van der Waals surface area contributed by atoms with E-state index in [1.54, 1.807) is 20.8 Å². The minimum absolute atomic E-state index is 0.0286. The molecule has 1 aliphatic heterocycles. The van der Waals surface area contributed by atoms with Gasteiger partial charge in [0, 0.05) is 12.1 Å². The normalized spacial score (nSPS) is 18.9. The van der Waals surface area contributed by atoms with Gasteiger partial charge in [-0.05, 0) is 60.0 Å². The minimum Gasteiger partial charge on any atom is -0.505 e. The van der Waals surface area contributed by atoms with E-state index in [9.17, 15) is 14.3 Å². The number of nitrogens with one attached hydrogen (secondary N) is 1.